The monoisotopic (exact) mass is 223 g/mol. The van der Waals surface area contributed by atoms with E-state index >= 15 is 0 Å². The summed E-state index contributed by atoms with van der Waals surface area (Å²) in [5.41, 5.74) is -0.0137. The fourth-order valence-electron chi connectivity index (χ4n) is 2.18. The number of rotatable bonds is 4. The normalized spacial score (nSPS) is 27.8. The van der Waals surface area contributed by atoms with Crippen LogP contribution in [0.25, 0.3) is 0 Å². The molecular formula is C13H21NO2. The van der Waals surface area contributed by atoms with Gasteiger partial charge < -0.3 is 14.8 Å². The minimum Gasteiger partial charge on any atom is -0.465 e. The molecule has 0 spiro atoms. The van der Waals surface area contributed by atoms with Crippen molar-refractivity contribution in [1.29, 1.82) is 0 Å². The van der Waals surface area contributed by atoms with E-state index in [-0.39, 0.29) is 11.5 Å². The lowest BCUT2D eigenvalue weighted by atomic mass is 9.64. The van der Waals surface area contributed by atoms with Crippen molar-refractivity contribution in [2.75, 3.05) is 0 Å². The molecule has 0 aliphatic heterocycles. The Morgan fingerprint density at radius 2 is 2.12 bits per heavy atom. The molecule has 0 saturated heterocycles. The molecule has 0 aromatic carbocycles. The molecule has 0 amide bonds. The van der Waals surface area contributed by atoms with Crippen molar-refractivity contribution in [2.45, 2.75) is 52.3 Å². The molecule has 2 atom stereocenters. The van der Waals surface area contributed by atoms with Crippen molar-refractivity contribution in [2.24, 2.45) is 5.41 Å². The maximum atomic E-state index is 9.62. The Balaban J connectivity index is 1.84. The molecule has 2 N–H and O–H groups in total. The molecule has 3 nitrogen and oxygen atoms in total. The van der Waals surface area contributed by atoms with Crippen LogP contribution >= 0.6 is 0 Å². The highest BCUT2D eigenvalue weighted by atomic mass is 16.3. The van der Waals surface area contributed by atoms with Gasteiger partial charge in [0.05, 0.1) is 12.6 Å². The van der Waals surface area contributed by atoms with Crippen LogP contribution in [-0.4, -0.2) is 17.3 Å². The van der Waals surface area contributed by atoms with Crippen molar-refractivity contribution in [3.63, 3.8) is 0 Å². The summed E-state index contributed by atoms with van der Waals surface area (Å²) in [7, 11) is 0. The van der Waals surface area contributed by atoms with Crippen LogP contribution in [0.2, 0.25) is 0 Å². The minimum absolute atomic E-state index is 0.0137. The molecule has 1 saturated carbocycles. The summed E-state index contributed by atoms with van der Waals surface area (Å²) >= 11 is 0. The number of aliphatic hydroxyl groups is 1. The van der Waals surface area contributed by atoms with Gasteiger partial charge in [-0.1, -0.05) is 20.8 Å². The van der Waals surface area contributed by atoms with Gasteiger partial charge in [-0.05, 0) is 18.6 Å². The van der Waals surface area contributed by atoms with E-state index in [0.29, 0.717) is 6.04 Å². The smallest absolute Gasteiger partial charge is 0.117 e. The number of hydrogen-bond donors (Lipinski definition) is 2. The van der Waals surface area contributed by atoms with Crippen LogP contribution < -0.4 is 5.32 Å². The summed E-state index contributed by atoms with van der Waals surface area (Å²) in [6.07, 6.45) is 1.61. The highest BCUT2D eigenvalue weighted by Gasteiger charge is 2.46. The lowest BCUT2D eigenvalue weighted by Crippen LogP contribution is -2.59. The number of aliphatic hydroxyl groups excluding tert-OH is 1. The lowest BCUT2D eigenvalue weighted by Gasteiger charge is -2.49. The lowest BCUT2D eigenvalue weighted by molar-refractivity contribution is -0.0734. The molecule has 1 heterocycles. The Morgan fingerprint density at radius 1 is 1.44 bits per heavy atom. The molecule has 1 aromatic rings. The first-order chi connectivity index (χ1) is 7.54. The molecule has 1 fully saturated rings. The SMILES string of the molecule is CCc1ccc(CNC2CC(O)C2(C)C)o1. The molecule has 1 aliphatic rings. The maximum Gasteiger partial charge on any atom is 0.117 e. The predicted octanol–water partition coefficient (Wildman–Crippen LogP) is 2.09. The van der Waals surface area contributed by atoms with E-state index < -0.39 is 0 Å². The van der Waals surface area contributed by atoms with E-state index in [1.165, 1.54) is 0 Å². The van der Waals surface area contributed by atoms with Crippen molar-refractivity contribution < 1.29 is 9.52 Å². The zero-order valence-corrected chi connectivity index (χ0v) is 10.3. The summed E-state index contributed by atoms with van der Waals surface area (Å²) in [6, 6.07) is 4.43. The van der Waals surface area contributed by atoms with Gasteiger partial charge in [-0.2, -0.15) is 0 Å². The zero-order chi connectivity index (χ0) is 11.8. The number of hydrogen-bond acceptors (Lipinski definition) is 3. The Kier molecular flexibility index (Phi) is 3.08. The van der Waals surface area contributed by atoms with Crippen molar-refractivity contribution in [3.8, 4) is 0 Å². The van der Waals surface area contributed by atoms with Gasteiger partial charge in [-0.25, -0.2) is 0 Å². The average Bonchev–Trinajstić information content (AvgIpc) is 2.71. The van der Waals surface area contributed by atoms with E-state index in [9.17, 15) is 5.11 Å². The molecule has 0 radical (unpaired) electrons. The van der Waals surface area contributed by atoms with Crippen LogP contribution in [0.1, 0.15) is 38.7 Å². The summed E-state index contributed by atoms with van der Waals surface area (Å²) in [4.78, 5) is 0. The van der Waals surface area contributed by atoms with E-state index in [1.54, 1.807) is 0 Å². The van der Waals surface area contributed by atoms with Gasteiger partial charge in [-0.15, -0.1) is 0 Å². The Bertz CT molecular complexity index is 357. The molecule has 2 unspecified atom stereocenters. The molecule has 2 rings (SSSR count). The van der Waals surface area contributed by atoms with Crippen molar-refractivity contribution in [3.05, 3.63) is 23.7 Å². The fraction of sp³-hybridized carbons (Fsp3) is 0.692. The quantitative estimate of drug-likeness (QED) is 0.821. The van der Waals surface area contributed by atoms with Gasteiger partial charge in [0.1, 0.15) is 11.5 Å². The van der Waals surface area contributed by atoms with Crippen molar-refractivity contribution >= 4 is 0 Å². The Hall–Kier alpha value is -0.800. The topological polar surface area (TPSA) is 45.4 Å². The molecule has 1 aliphatic carbocycles. The second-order valence-corrected chi connectivity index (χ2v) is 5.23. The molecule has 1 aromatic heterocycles. The van der Waals surface area contributed by atoms with Gasteiger partial charge in [0.15, 0.2) is 0 Å². The predicted molar refractivity (Wildman–Crippen MR) is 63.1 cm³/mol. The van der Waals surface area contributed by atoms with Gasteiger partial charge in [0, 0.05) is 17.9 Å². The van der Waals surface area contributed by atoms with E-state index in [4.69, 9.17) is 4.42 Å². The number of nitrogens with one attached hydrogen (secondary N) is 1. The third kappa shape index (κ3) is 2.02. The van der Waals surface area contributed by atoms with Gasteiger partial charge in [0.2, 0.25) is 0 Å². The van der Waals surface area contributed by atoms with E-state index in [2.05, 4.69) is 26.1 Å². The van der Waals surface area contributed by atoms with Crippen molar-refractivity contribution in [1.82, 2.24) is 5.32 Å². The molecule has 0 bridgehead atoms. The fourth-order valence-corrected chi connectivity index (χ4v) is 2.18. The number of furan rings is 1. The van der Waals surface area contributed by atoms with Crippen LogP contribution in [0, 0.1) is 5.41 Å². The average molecular weight is 223 g/mol. The summed E-state index contributed by atoms with van der Waals surface area (Å²) < 4.78 is 5.62. The largest absolute Gasteiger partial charge is 0.465 e. The first-order valence-corrected chi connectivity index (χ1v) is 6.03. The zero-order valence-electron chi connectivity index (χ0n) is 10.3. The summed E-state index contributed by atoms with van der Waals surface area (Å²) in [5, 5.41) is 13.1. The first kappa shape index (κ1) is 11.7. The van der Waals surface area contributed by atoms with E-state index in [0.717, 1.165) is 30.9 Å². The molecule has 3 heteroatoms. The molecular weight excluding hydrogens is 202 g/mol. The Morgan fingerprint density at radius 3 is 2.62 bits per heavy atom. The second-order valence-electron chi connectivity index (χ2n) is 5.23. The summed E-state index contributed by atoms with van der Waals surface area (Å²) in [6.45, 7) is 7.03. The van der Waals surface area contributed by atoms with Crippen LogP contribution in [-0.2, 0) is 13.0 Å². The first-order valence-electron chi connectivity index (χ1n) is 6.03. The van der Waals surface area contributed by atoms with E-state index in [1.807, 2.05) is 12.1 Å². The third-order valence-corrected chi connectivity index (χ3v) is 3.80. The minimum atomic E-state index is -0.173. The van der Waals surface area contributed by atoms with Gasteiger partial charge in [0.25, 0.3) is 0 Å². The maximum absolute atomic E-state index is 9.62. The van der Waals surface area contributed by atoms with Gasteiger partial charge >= 0.3 is 0 Å². The van der Waals surface area contributed by atoms with Crippen LogP contribution in [0.3, 0.4) is 0 Å². The van der Waals surface area contributed by atoms with Crippen LogP contribution in [0.15, 0.2) is 16.5 Å². The number of aryl methyl sites for hydroxylation is 1. The highest BCUT2D eigenvalue weighted by molar-refractivity contribution is 5.08. The van der Waals surface area contributed by atoms with Gasteiger partial charge in [-0.3, -0.25) is 0 Å². The standard InChI is InChI=1S/C13H21NO2/c1-4-9-5-6-10(16-9)8-14-11-7-12(15)13(11,2)3/h5-6,11-12,14-15H,4,7-8H2,1-3H3. The van der Waals surface area contributed by atoms with Crippen LogP contribution in [0.4, 0.5) is 0 Å². The molecule has 16 heavy (non-hydrogen) atoms. The Labute approximate surface area is 96.8 Å². The third-order valence-electron chi connectivity index (χ3n) is 3.80. The second kappa shape index (κ2) is 4.22. The van der Waals surface area contributed by atoms with Crippen LogP contribution in [0.5, 0.6) is 0 Å². The molecule has 90 valence electrons. The summed E-state index contributed by atoms with van der Waals surface area (Å²) in [5.74, 6) is 2.01. The highest BCUT2D eigenvalue weighted by Crippen LogP contribution is 2.40.